The lowest BCUT2D eigenvalue weighted by molar-refractivity contribution is 0.0831. The number of hydrogen-bond donors (Lipinski definition) is 0. The van der Waals surface area contributed by atoms with Crippen molar-refractivity contribution in [3.8, 4) is 5.75 Å². The first-order valence-corrected chi connectivity index (χ1v) is 13.0. The van der Waals surface area contributed by atoms with E-state index >= 15 is 0 Å². The molecule has 1 unspecified atom stereocenters. The van der Waals surface area contributed by atoms with Gasteiger partial charge in [0.25, 0.3) is 0 Å². The molecule has 0 radical (unpaired) electrons. The smallest absolute Gasteiger partial charge is 0.185 e. The molecule has 1 atom stereocenters. The summed E-state index contributed by atoms with van der Waals surface area (Å²) in [5, 5.41) is 3.40. The molecule has 0 bridgehead atoms. The molecule has 2 aliphatic rings. The van der Waals surface area contributed by atoms with E-state index in [1.807, 2.05) is 24.3 Å². The van der Waals surface area contributed by atoms with Gasteiger partial charge in [-0.15, -0.1) is 11.3 Å². The quantitative estimate of drug-likeness (QED) is 0.372. The zero-order chi connectivity index (χ0) is 21.6. The number of nitrogens with zero attached hydrogens (tertiary/aromatic N) is 2. The molecule has 2 saturated carbocycles. The van der Waals surface area contributed by atoms with Gasteiger partial charge in [0, 0.05) is 29.4 Å². The molecule has 168 valence electrons. The minimum Gasteiger partial charge on any atom is -0.497 e. The summed E-state index contributed by atoms with van der Waals surface area (Å²) in [5.74, 6) is 1.70. The van der Waals surface area contributed by atoms with Crippen molar-refractivity contribution in [1.29, 1.82) is 0 Å². The number of aromatic nitrogens is 1. The fourth-order valence-corrected chi connectivity index (χ4v) is 6.09. The van der Waals surface area contributed by atoms with Gasteiger partial charge < -0.3 is 9.64 Å². The van der Waals surface area contributed by atoms with E-state index in [1.165, 1.54) is 55.8 Å². The lowest BCUT2D eigenvalue weighted by Crippen LogP contribution is -2.26. The maximum absolute atomic E-state index is 13.5. The van der Waals surface area contributed by atoms with Crippen LogP contribution in [-0.4, -0.2) is 30.5 Å². The number of rotatable bonds is 11. The Kier molecular flexibility index (Phi) is 7.65. The van der Waals surface area contributed by atoms with Crippen molar-refractivity contribution in [3.05, 3.63) is 40.9 Å². The number of benzene rings is 1. The van der Waals surface area contributed by atoms with Gasteiger partial charge in [-0.3, -0.25) is 4.79 Å². The summed E-state index contributed by atoms with van der Waals surface area (Å²) in [4.78, 5) is 20.9. The fourth-order valence-electron chi connectivity index (χ4n) is 5.09. The summed E-state index contributed by atoms with van der Waals surface area (Å²) in [7, 11) is 1.66. The van der Waals surface area contributed by atoms with Gasteiger partial charge in [-0.2, -0.15) is 0 Å². The van der Waals surface area contributed by atoms with Crippen LogP contribution in [0.2, 0.25) is 0 Å². The van der Waals surface area contributed by atoms with Gasteiger partial charge >= 0.3 is 0 Å². The number of ether oxygens (including phenoxy) is 1. The molecular formula is C26H36N2O2S. The monoisotopic (exact) mass is 440 g/mol. The van der Waals surface area contributed by atoms with E-state index in [9.17, 15) is 4.79 Å². The highest BCUT2D eigenvalue weighted by atomic mass is 32.1. The van der Waals surface area contributed by atoms with Crippen LogP contribution in [0.1, 0.15) is 80.8 Å². The summed E-state index contributed by atoms with van der Waals surface area (Å²) < 4.78 is 5.36. The Morgan fingerprint density at radius 1 is 1.23 bits per heavy atom. The Morgan fingerprint density at radius 2 is 2.03 bits per heavy atom. The zero-order valence-corrected chi connectivity index (χ0v) is 19.8. The number of methoxy groups -OCH3 is 1. The minimum atomic E-state index is 0.115. The summed E-state index contributed by atoms with van der Waals surface area (Å²) in [6.45, 7) is 3.26. The van der Waals surface area contributed by atoms with Gasteiger partial charge in [0.2, 0.25) is 0 Å². The van der Waals surface area contributed by atoms with Crippen molar-refractivity contribution < 1.29 is 9.53 Å². The standard InChI is InChI=1S/C26H36N2O2S/c1-3-28(22-15-16-22)26-27-21(18-31-26)12-8-14-24(19-9-5-4-6-10-19)25(29)20-11-7-13-23(17-20)30-2/h7,11,13,17-19,22,24H,3-6,8-10,12,14-16H2,1-2H3. The second-order valence-corrected chi connectivity index (χ2v) is 9.97. The minimum absolute atomic E-state index is 0.115. The predicted octanol–water partition coefficient (Wildman–Crippen LogP) is 6.54. The van der Waals surface area contributed by atoms with Crippen LogP contribution < -0.4 is 9.64 Å². The third-order valence-electron chi connectivity index (χ3n) is 6.97. The van der Waals surface area contributed by atoms with E-state index in [2.05, 4.69) is 17.2 Å². The summed E-state index contributed by atoms with van der Waals surface area (Å²) in [6.07, 6.45) is 11.8. The van der Waals surface area contributed by atoms with Gasteiger partial charge in [0.15, 0.2) is 10.9 Å². The molecule has 0 N–H and O–H groups in total. The van der Waals surface area contributed by atoms with Gasteiger partial charge in [0.1, 0.15) is 5.75 Å². The average Bonchev–Trinajstić information content (AvgIpc) is 3.55. The first-order valence-electron chi connectivity index (χ1n) is 12.1. The molecule has 0 saturated heterocycles. The maximum atomic E-state index is 13.5. The number of Topliss-reactive ketones (excluding diaryl/α,β-unsaturated/α-hetero) is 1. The fraction of sp³-hybridized carbons (Fsp3) is 0.615. The SMILES string of the molecule is CCN(c1nc(CCCC(C(=O)c2cccc(OC)c2)C2CCCCC2)cs1)C1CC1. The largest absolute Gasteiger partial charge is 0.497 e. The molecule has 0 aliphatic heterocycles. The zero-order valence-electron chi connectivity index (χ0n) is 19.0. The predicted molar refractivity (Wildman–Crippen MR) is 128 cm³/mol. The molecule has 2 aromatic rings. The lowest BCUT2D eigenvalue weighted by atomic mass is 9.74. The van der Waals surface area contributed by atoms with Crippen LogP contribution in [0.25, 0.3) is 0 Å². The number of anilines is 1. The van der Waals surface area contributed by atoms with Crippen molar-refractivity contribution in [2.45, 2.75) is 77.2 Å². The van der Waals surface area contributed by atoms with Crippen molar-refractivity contribution in [1.82, 2.24) is 4.98 Å². The van der Waals surface area contributed by atoms with E-state index in [-0.39, 0.29) is 5.92 Å². The second-order valence-electron chi connectivity index (χ2n) is 9.13. The number of ketones is 1. The first kappa shape index (κ1) is 22.3. The lowest BCUT2D eigenvalue weighted by Gasteiger charge is -2.29. The van der Waals surface area contributed by atoms with Crippen LogP contribution in [0, 0.1) is 11.8 Å². The summed E-state index contributed by atoms with van der Waals surface area (Å²) in [5.41, 5.74) is 1.99. The maximum Gasteiger partial charge on any atom is 0.185 e. The Labute approximate surface area is 191 Å². The summed E-state index contributed by atoms with van der Waals surface area (Å²) >= 11 is 1.78. The van der Waals surface area contributed by atoms with Crippen molar-refractivity contribution in [3.63, 3.8) is 0 Å². The van der Waals surface area contributed by atoms with Gasteiger partial charge in [-0.05, 0) is 69.9 Å². The molecule has 2 fully saturated rings. The van der Waals surface area contributed by atoms with E-state index in [0.29, 0.717) is 17.7 Å². The van der Waals surface area contributed by atoms with Gasteiger partial charge in [-0.1, -0.05) is 31.4 Å². The van der Waals surface area contributed by atoms with Crippen LogP contribution in [-0.2, 0) is 6.42 Å². The molecule has 0 spiro atoms. The number of carbonyl (C=O) groups excluding carboxylic acids is 1. The van der Waals surface area contributed by atoms with Gasteiger partial charge in [-0.25, -0.2) is 4.98 Å². The van der Waals surface area contributed by atoms with Gasteiger partial charge in [0.05, 0.1) is 12.8 Å². The van der Waals surface area contributed by atoms with Crippen LogP contribution in [0.4, 0.5) is 5.13 Å². The van der Waals surface area contributed by atoms with Crippen LogP contribution in [0.3, 0.4) is 0 Å². The molecule has 0 amide bonds. The molecule has 31 heavy (non-hydrogen) atoms. The highest BCUT2D eigenvalue weighted by Crippen LogP contribution is 2.36. The molecule has 4 rings (SSSR count). The Morgan fingerprint density at radius 3 is 2.74 bits per heavy atom. The van der Waals surface area contributed by atoms with Crippen molar-refractivity contribution in [2.24, 2.45) is 11.8 Å². The van der Waals surface area contributed by atoms with Crippen molar-refractivity contribution >= 4 is 22.3 Å². The molecule has 5 heteroatoms. The van der Waals surface area contributed by atoms with Crippen LogP contribution in [0.5, 0.6) is 5.75 Å². The average molecular weight is 441 g/mol. The number of hydrogen-bond acceptors (Lipinski definition) is 5. The highest BCUT2D eigenvalue weighted by Gasteiger charge is 2.31. The number of carbonyl (C=O) groups is 1. The first-order chi connectivity index (χ1) is 15.2. The highest BCUT2D eigenvalue weighted by molar-refractivity contribution is 7.13. The molecule has 2 aliphatic carbocycles. The number of aryl methyl sites for hydroxylation is 1. The Bertz CT molecular complexity index is 855. The third kappa shape index (κ3) is 5.68. The normalized spacial score (nSPS) is 18.0. The van der Waals surface area contributed by atoms with E-state index in [0.717, 1.165) is 37.1 Å². The summed E-state index contributed by atoms with van der Waals surface area (Å²) in [6, 6.07) is 8.40. The number of thiazole rings is 1. The topological polar surface area (TPSA) is 42.4 Å². The van der Waals surface area contributed by atoms with E-state index in [1.54, 1.807) is 18.4 Å². The third-order valence-corrected chi connectivity index (χ3v) is 7.90. The molecule has 1 aromatic heterocycles. The molecular weight excluding hydrogens is 404 g/mol. The Balaban J connectivity index is 1.40. The molecule has 4 nitrogen and oxygen atoms in total. The van der Waals surface area contributed by atoms with E-state index in [4.69, 9.17) is 9.72 Å². The Hall–Kier alpha value is -1.88. The second kappa shape index (κ2) is 10.6. The van der Waals surface area contributed by atoms with Crippen LogP contribution >= 0.6 is 11.3 Å². The molecule has 1 heterocycles. The molecule has 1 aromatic carbocycles. The van der Waals surface area contributed by atoms with Crippen LogP contribution in [0.15, 0.2) is 29.6 Å². The van der Waals surface area contributed by atoms with E-state index < -0.39 is 0 Å². The van der Waals surface area contributed by atoms with Crippen molar-refractivity contribution in [2.75, 3.05) is 18.6 Å².